The molecule has 0 amide bonds. The Kier molecular flexibility index (Phi) is 6.06. The van der Waals surface area contributed by atoms with Crippen LogP contribution in [0.15, 0.2) is 23.4 Å². The van der Waals surface area contributed by atoms with Crippen molar-refractivity contribution in [1.29, 1.82) is 0 Å². The first-order valence-corrected chi connectivity index (χ1v) is 6.12. The molecule has 0 heterocycles. The highest BCUT2D eigenvalue weighted by atomic mass is 16.5. The van der Waals surface area contributed by atoms with Gasteiger partial charge in [-0.2, -0.15) is 0 Å². The van der Waals surface area contributed by atoms with Crippen LogP contribution in [-0.4, -0.2) is 43.0 Å². The maximum Gasteiger partial charge on any atom is 0.356 e. The Bertz CT molecular complexity index is 622. The van der Waals surface area contributed by atoms with E-state index >= 15 is 0 Å². The molecular formula is C14H15NO7. The third kappa shape index (κ3) is 4.05. The van der Waals surface area contributed by atoms with Crippen molar-refractivity contribution in [2.45, 2.75) is 13.3 Å². The summed E-state index contributed by atoms with van der Waals surface area (Å²) in [7, 11) is 2.29. The van der Waals surface area contributed by atoms with Gasteiger partial charge in [-0.05, 0) is 11.6 Å². The second-order valence-corrected chi connectivity index (χ2v) is 4.09. The fourth-order valence-electron chi connectivity index (χ4n) is 1.74. The fourth-order valence-corrected chi connectivity index (χ4v) is 1.74. The van der Waals surface area contributed by atoms with E-state index in [4.69, 9.17) is 9.94 Å². The molecule has 0 radical (unpaired) electrons. The van der Waals surface area contributed by atoms with Gasteiger partial charge in [0.2, 0.25) is 0 Å². The lowest BCUT2D eigenvalue weighted by Crippen LogP contribution is -2.20. The van der Waals surface area contributed by atoms with Crippen molar-refractivity contribution in [3.05, 3.63) is 29.3 Å². The van der Waals surface area contributed by atoms with Crippen LogP contribution >= 0.6 is 0 Å². The summed E-state index contributed by atoms with van der Waals surface area (Å²) in [5.74, 6) is -2.24. The minimum absolute atomic E-state index is 0.0148. The molecule has 0 spiro atoms. The van der Waals surface area contributed by atoms with E-state index in [1.54, 1.807) is 0 Å². The van der Waals surface area contributed by atoms with Gasteiger partial charge in [0.05, 0.1) is 14.2 Å². The normalized spacial score (nSPS) is 10.8. The van der Waals surface area contributed by atoms with Gasteiger partial charge in [-0.3, -0.25) is 4.79 Å². The summed E-state index contributed by atoms with van der Waals surface area (Å²) in [4.78, 5) is 34.5. The van der Waals surface area contributed by atoms with E-state index in [-0.39, 0.29) is 29.0 Å². The minimum atomic E-state index is -0.851. The number of esters is 3. The smallest absolute Gasteiger partial charge is 0.356 e. The molecule has 0 aliphatic heterocycles. The average molecular weight is 309 g/mol. The zero-order valence-electron chi connectivity index (χ0n) is 12.3. The second-order valence-electron chi connectivity index (χ2n) is 4.09. The van der Waals surface area contributed by atoms with Crippen LogP contribution < -0.4 is 4.74 Å². The number of rotatable bonds is 5. The Hall–Kier alpha value is -2.90. The number of hydrogen-bond donors (Lipinski definition) is 1. The predicted molar refractivity (Wildman–Crippen MR) is 74.0 cm³/mol. The van der Waals surface area contributed by atoms with Gasteiger partial charge in [0.1, 0.15) is 11.3 Å². The SMILES string of the molecule is COC(=O)/C(Cc1cccc(OC(C)=O)c1C(=O)OC)=N\O. The lowest BCUT2D eigenvalue weighted by Gasteiger charge is -2.12. The summed E-state index contributed by atoms with van der Waals surface area (Å²) in [6.45, 7) is 1.18. The van der Waals surface area contributed by atoms with Crippen molar-refractivity contribution in [3.8, 4) is 5.75 Å². The monoisotopic (exact) mass is 309 g/mol. The van der Waals surface area contributed by atoms with E-state index in [1.807, 2.05) is 0 Å². The van der Waals surface area contributed by atoms with Crippen LogP contribution in [-0.2, 0) is 25.5 Å². The first-order chi connectivity index (χ1) is 10.4. The van der Waals surface area contributed by atoms with Gasteiger partial charge in [0.25, 0.3) is 0 Å². The zero-order valence-corrected chi connectivity index (χ0v) is 12.3. The van der Waals surface area contributed by atoms with Gasteiger partial charge in [0.15, 0.2) is 5.71 Å². The molecule has 0 aliphatic carbocycles. The number of nitrogens with zero attached hydrogens (tertiary/aromatic N) is 1. The highest BCUT2D eigenvalue weighted by Gasteiger charge is 2.23. The van der Waals surface area contributed by atoms with Crippen molar-refractivity contribution in [3.63, 3.8) is 0 Å². The molecule has 1 aromatic rings. The van der Waals surface area contributed by atoms with E-state index < -0.39 is 17.9 Å². The van der Waals surface area contributed by atoms with E-state index in [2.05, 4.69) is 14.6 Å². The van der Waals surface area contributed by atoms with E-state index in [1.165, 1.54) is 25.1 Å². The Balaban J connectivity index is 3.31. The van der Waals surface area contributed by atoms with Crippen molar-refractivity contribution in [2.75, 3.05) is 14.2 Å². The van der Waals surface area contributed by atoms with Crippen molar-refractivity contribution in [1.82, 2.24) is 0 Å². The zero-order chi connectivity index (χ0) is 16.7. The molecule has 0 unspecified atom stereocenters. The molecule has 1 N–H and O–H groups in total. The Morgan fingerprint density at radius 3 is 2.36 bits per heavy atom. The van der Waals surface area contributed by atoms with Crippen LogP contribution in [0.1, 0.15) is 22.8 Å². The largest absolute Gasteiger partial charge is 0.465 e. The van der Waals surface area contributed by atoms with Crippen molar-refractivity contribution >= 4 is 23.6 Å². The predicted octanol–water partition coefficient (Wildman–Crippen LogP) is 0.944. The van der Waals surface area contributed by atoms with Gasteiger partial charge >= 0.3 is 17.9 Å². The molecule has 8 nitrogen and oxygen atoms in total. The van der Waals surface area contributed by atoms with Gasteiger partial charge in [-0.25, -0.2) is 9.59 Å². The van der Waals surface area contributed by atoms with Crippen LogP contribution in [0, 0.1) is 0 Å². The minimum Gasteiger partial charge on any atom is -0.465 e. The third-order valence-corrected chi connectivity index (χ3v) is 2.66. The molecule has 0 aliphatic rings. The number of methoxy groups -OCH3 is 2. The fraction of sp³-hybridized carbons (Fsp3) is 0.286. The standard InChI is InChI=1S/C14H15NO7/c1-8(16)22-11-6-4-5-9(12(11)14(18)21-3)7-10(15-19)13(17)20-2/h4-6,19H,7H2,1-3H3/b15-10-. The molecule has 0 fully saturated rings. The molecule has 0 bridgehead atoms. The summed E-state index contributed by atoms with van der Waals surface area (Å²) in [5, 5.41) is 11.7. The molecule has 0 saturated carbocycles. The highest BCUT2D eigenvalue weighted by Crippen LogP contribution is 2.24. The summed E-state index contributed by atoms with van der Waals surface area (Å²) in [6.07, 6.45) is -0.206. The van der Waals surface area contributed by atoms with Crippen LogP contribution in [0.4, 0.5) is 0 Å². The quantitative estimate of drug-likeness (QED) is 0.283. The average Bonchev–Trinajstić information content (AvgIpc) is 2.50. The Labute approximate surface area is 126 Å². The van der Waals surface area contributed by atoms with Gasteiger partial charge in [-0.1, -0.05) is 17.3 Å². The summed E-state index contributed by atoms with van der Waals surface area (Å²) < 4.78 is 14.1. The first-order valence-electron chi connectivity index (χ1n) is 6.12. The third-order valence-electron chi connectivity index (χ3n) is 2.66. The van der Waals surface area contributed by atoms with Crippen molar-refractivity contribution < 1.29 is 33.8 Å². The maximum absolute atomic E-state index is 11.9. The molecule has 1 rings (SSSR count). The van der Waals surface area contributed by atoms with Gasteiger partial charge in [0, 0.05) is 13.3 Å². The number of benzene rings is 1. The lowest BCUT2D eigenvalue weighted by molar-refractivity contribution is -0.133. The van der Waals surface area contributed by atoms with Gasteiger partial charge < -0.3 is 19.4 Å². The highest BCUT2D eigenvalue weighted by molar-refractivity contribution is 6.36. The number of carbonyl (C=O) groups excluding carboxylic acids is 3. The van der Waals surface area contributed by atoms with E-state index in [9.17, 15) is 14.4 Å². The number of oxime groups is 1. The summed E-state index contributed by atoms with van der Waals surface area (Å²) in [6, 6.07) is 4.44. The van der Waals surface area contributed by atoms with Crippen LogP contribution in [0.25, 0.3) is 0 Å². The maximum atomic E-state index is 11.9. The molecule has 118 valence electrons. The molecule has 1 aromatic carbocycles. The number of hydrogen-bond acceptors (Lipinski definition) is 8. The van der Waals surface area contributed by atoms with E-state index in [0.29, 0.717) is 0 Å². The second kappa shape index (κ2) is 7.77. The first kappa shape index (κ1) is 17.2. The lowest BCUT2D eigenvalue weighted by atomic mass is 10.0. The number of carbonyl (C=O) groups is 3. The molecule has 0 atom stereocenters. The Morgan fingerprint density at radius 2 is 1.86 bits per heavy atom. The molecule has 22 heavy (non-hydrogen) atoms. The van der Waals surface area contributed by atoms with Gasteiger partial charge in [-0.15, -0.1) is 0 Å². The molecular weight excluding hydrogens is 294 g/mol. The van der Waals surface area contributed by atoms with Crippen LogP contribution in [0.5, 0.6) is 5.75 Å². The molecule has 0 aromatic heterocycles. The number of ether oxygens (including phenoxy) is 3. The topological polar surface area (TPSA) is 111 Å². The Morgan fingerprint density at radius 1 is 1.18 bits per heavy atom. The van der Waals surface area contributed by atoms with Crippen molar-refractivity contribution in [2.24, 2.45) is 5.16 Å². The van der Waals surface area contributed by atoms with Crippen LogP contribution in [0.3, 0.4) is 0 Å². The summed E-state index contributed by atoms with van der Waals surface area (Å²) >= 11 is 0. The van der Waals surface area contributed by atoms with E-state index in [0.717, 1.165) is 14.2 Å². The van der Waals surface area contributed by atoms with Crippen LogP contribution in [0.2, 0.25) is 0 Å². The summed E-state index contributed by atoms with van der Waals surface area (Å²) in [5.41, 5.74) is -0.0679. The molecule has 0 saturated heterocycles. The molecule has 8 heteroatoms.